The largest absolute Gasteiger partial charge is 0.313 e. The molecule has 0 heterocycles. The fourth-order valence-electron chi connectivity index (χ4n) is 1.98. The molecule has 0 saturated carbocycles. The van der Waals surface area contributed by atoms with Gasteiger partial charge in [-0.1, -0.05) is 33.6 Å². The van der Waals surface area contributed by atoms with Crippen molar-refractivity contribution in [1.29, 1.82) is 0 Å². The lowest BCUT2D eigenvalue weighted by molar-refractivity contribution is 0.362. The molecule has 0 radical (unpaired) electrons. The Bertz CT molecular complexity index is 271. The number of nitrogens with one attached hydrogen (secondary N) is 1. The van der Waals surface area contributed by atoms with Gasteiger partial charge in [-0.2, -0.15) is 0 Å². The summed E-state index contributed by atoms with van der Waals surface area (Å²) < 4.78 is 23.1. The maximum absolute atomic E-state index is 11.6. The molecule has 0 rings (SSSR count). The maximum atomic E-state index is 11.6. The summed E-state index contributed by atoms with van der Waals surface area (Å²) in [5, 5.41) is 3.01. The Morgan fingerprint density at radius 3 is 1.94 bits per heavy atom. The van der Waals surface area contributed by atoms with E-state index in [1.165, 1.54) is 6.26 Å². The lowest BCUT2D eigenvalue weighted by Gasteiger charge is -2.27. The number of sulfone groups is 1. The summed E-state index contributed by atoms with van der Waals surface area (Å²) in [6.45, 7) is 9.00. The Morgan fingerprint density at radius 2 is 1.62 bits per heavy atom. The fraction of sp³-hybridized carbons (Fsp3) is 1.00. The Balaban J connectivity index is 4.60. The normalized spacial score (nSPS) is 16.4. The zero-order chi connectivity index (χ0) is 12.8. The van der Waals surface area contributed by atoms with Crippen LogP contribution in [0.3, 0.4) is 0 Å². The summed E-state index contributed by atoms with van der Waals surface area (Å²) >= 11 is 0. The van der Waals surface area contributed by atoms with Gasteiger partial charge in [0.1, 0.15) is 0 Å². The van der Waals surface area contributed by atoms with E-state index >= 15 is 0 Å². The molecule has 16 heavy (non-hydrogen) atoms. The maximum Gasteiger partial charge on any atom is 0.151 e. The molecule has 0 aromatic carbocycles. The minimum atomic E-state index is -2.95. The second kappa shape index (κ2) is 7.28. The van der Waals surface area contributed by atoms with E-state index in [1.807, 2.05) is 13.8 Å². The molecule has 2 unspecified atom stereocenters. The van der Waals surface area contributed by atoms with Gasteiger partial charge < -0.3 is 5.32 Å². The molecule has 0 aliphatic carbocycles. The molecule has 4 heteroatoms. The van der Waals surface area contributed by atoms with Gasteiger partial charge in [-0.3, -0.25) is 0 Å². The summed E-state index contributed by atoms with van der Waals surface area (Å²) in [7, 11) is -2.95. The first-order chi connectivity index (χ1) is 7.36. The van der Waals surface area contributed by atoms with E-state index in [9.17, 15) is 8.42 Å². The molecule has 0 bridgehead atoms. The van der Waals surface area contributed by atoms with Crippen LogP contribution in [0.25, 0.3) is 0 Å². The van der Waals surface area contributed by atoms with Crippen LogP contribution >= 0.6 is 0 Å². The first-order valence-electron chi connectivity index (χ1n) is 6.28. The van der Waals surface area contributed by atoms with E-state index in [2.05, 4.69) is 19.2 Å². The standard InChI is InChI=1S/C12H27NO2S/c1-6-11(7-2)9-12(13-8-3)10(4)16(5,14)15/h10-13H,6-9H2,1-5H3. The third-order valence-electron chi connectivity index (χ3n) is 3.45. The van der Waals surface area contributed by atoms with E-state index in [0.29, 0.717) is 5.92 Å². The van der Waals surface area contributed by atoms with Crippen LogP contribution in [0.4, 0.5) is 0 Å². The van der Waals surface area contributed by atoms with Crippen molar-refractivity contribution in [2.75, 3.05) is 12.8 Å². The highest BCUT2D eigenvalue weighted by atomic mass is 32.2. The molecule has 3 nitrogen and oxygen atoms in total. The van der Waals surface area contributed by atoms with Crippen LogP contribution < -0.4 is 5.32 Å². The van der Waals surface area contributed by atoms with E-state index in [-0.39, 0.29) is 11.3 Å². The highest BCUT2D eigenvalue weighted by Crippen LogP contribution is 2.19. The molecule has 1 N–H and O–H groups in total. The van der Waals surface area contributed by atoms with E-state index in [1.54, 1.807) is 0 Å². The molecule has 98 valence electrons. The van der Waals surface area contributed by atoms with Gasteiger partial charge in [0.2, 0.25) is 0 Å². The fourth-order valence-corrected chi connectivity index (χ4v) is 2.79. The molecule has 0 spiro atoms. The minimum Gasteiger partial charge on any atom is -0.313 e. The summed E-state index contributed by atoms with van der Waals surface area (Å²) in [5.74, 6) is 0.619. The molecule has 0 aromatic heterocycles. The van der Waals surface area contributed by atoms with Crippen molar-refractivity contribution in [2.24, 2.45) is 5.92 Å². The van der Waals surface area contributed by atoms with Crippen LogP contribution in [0.5, 0.6) is 0 Å². The monoisotopic (exact) mass is 249 g/mol. The van der Waals surface area contributed by atoms with Crippen LogP contribution in [-0.2, 0) is 9.84 Å². The topological polar surface area (TPSA) is 46.2 Å². The van der Waals surface area contributed by atoms with Crippen LogP contribution in [0.15, 0.2) is 0 Å². The minimum absolute atomic E-state index is 0.0879. The van der Waals surface area contributed by atoms with Gasteiger partial charge in [-0.15, -0.1) is 0 Å². The zero-order valence-corrected chi connectivity index (χ0v) is 12.1. The third-order valence-corrected chi connectivity index (χ3v) is 5.13. The van der Waals surface area contributed by atoms with E-state index in [0.717, 1.165) is 25.8 Å². The Hall–Kier alpha value is -0.0900. The molecule has 0 aliphatic rings. The van der Waals surface area contributed by atoms with Crippen molar-refractivity contribution in [3.63, 3.8) is 0 Å². The summed E-state index contributed by atoms with van der Waals surface area (Å²) in [6.07, 6.45) is 4.52. The van der Waals surface area contributed by atoms with Crippen molar-refractivity contribution >= 4 is 9.84 Å². The van der Waals surface area contributed by atoms with Gasteiger partial charge in [0, 0.05) is 12.3 Å². The van der Waals surface area contributed by atoms with Crippen LogP contribution in [-0.4, -0.2) is 32.5 Å². The summed E-state index contributed by atoms with van der Waals surface area (Å²) in [5.41, 5.74) is 0. The molecule has 0 aromatic rings. The average molecular weight is 249 g/mol. The smallest absolute Gasteiger partial charge is 0.151 e. The molecular formula is C12H27NO2S. The number of hydrogen-bond donors (Lipinski definition) is 1. The second-order valence-electron chi connectivity index (χ2n) is 4.62. The van der Waals surface area contributed by atoms with Crippen molar-refractivity contribution in [1.82, 2.24) is 5.32 Å². The highest BCUT2D eigenvalue weighted by molar-refractivity contribution is 7.91. The van der Waals surface area contributed by atoms with Gasteiger partial charge in [-0.05, 0) is 25.8 Å². The summed E-state index contributed by atoms with van der Waals surface area (Å²) in [4.78, 5) is 0. The molecule has 0 aliphatic heterocycles. The van der Waals surface area contributed by atoms with Crippen LogP contribution in [0, 0.1) is 5.92 Å². The van der Waals surface area contributed by atoms with Gasteiger partial charge >= 0.3 is 0 Å². The Morgan fingerprint density at radius 1 is 1.12 bits per heavy atom. The lowest BCUT2D eigenvalue weighted by Crippen LogP contribution is -2.43. The van der Waals surface area contributed by atoms with Crippen molar-refractivity contribution in [3.05, 3.63) is 0 Å². The molecule has 0 amide bonds. The van der Waals surface area contributed by atoms with E-state index < -0.39 is 9.84 Å². The predicted octanol–water partition coefficient (Wildman–Crippen LogP) is 2.22. The molecule has 0 saturated heterocycles. The Kier molecular flexibility index (Phi) is 7.24. The van der Waals surface area contributed by atoms with Gasteiger partial charge in [0.05, 0.1) is 5.25 Å². The van der Waals surface area contributed by atoms with Crippen molar-refractivity contribution in [3.8, 4) is 0 Å². The quantitative estimate of drug-likeness (QED) is 0.717. The highest BCUT2D eigenvalue weighted by Gasteiger charge is 2.26. The second-order valence-corrected chi connectivity index (χ2v) is 7.02. The average Bonchev–Trinajstić information content (AvgIpc) is 2.22. The zero-order valence-electron chi connectivity index (χ0n) is 11.3. The van der Waals surface area contributed by atoms with Crippen molar-refractivity contribution in [2.45, 2.75) is 58.2 Å². The number of rotatable bonds is 8. The third kappa shape index (κ3) is 5.30. The van der Waals surface area contributed by atoms with Gasteiger partial charge in [0.25, 0.3) is 0 Å². The molecule has 0 fully saturated rings. The van der Waals surface area contributed by atoms with Crippen LogP contribution in [0.2, 0.25) is 0 Å². The first-order valence-corrected chi connectivity index (χ1v) is 8.24. The Labute approximate surface area is 101 Å². The van der Waals surface area contributed by atoms with Gasteiger partial charge in [-0.25, -0.2) is 8.42 Å². The molecular weight excluding hydrogens is 222 g/mol. The summed E-state index contributed by atoms with van der Waals surface area (Å²) in [6, 6.07) is 0.0879. The first kappa shape index (κ1) is 15.9. The van der Waals surface area contributed by atoms with Crippen LogP contribution in [0.1, 0.15) is 47.0 Å². The SMILES string of the molecule is CCNC(CC(CC)CC)C(C)S(C)(=O)=O. The molecule has 2 atom stereocenters. The van der Waals surface area contributed by atoms with Gasteiger partial charge in [0.15, 0.2) is 9.84 Å². The predicted molar refractivity (Wildman–Crippen MR) is 70.5 cm³/mol. The lowest BCUT2D eigenvalue weighted by atomic mass is 9.93. The van der Waals surface area contributed by atoms with Crippen molar-refractivity contribution < 1.29 is 8.42 Å². The number of hydrogen-bond acceptors (Lipinski definition) is 3. The van der Waals surface area contributed by atoms with E-state index in [4.69, 9.17) is 0 Å².